The van der Waals surface area contributed by atoms with E-state index in [0.717, 1.165) is 39.0 Å². The molecule has 0 atom stereocenters. The number of aryl methyl sites for hydroxylation is 2. The molecule has 154 valence electrons. The van der Waals surface area contributed by atoms with Gasteiger partial charge >= 0.3 is 6.03 Å². The number of hydrogen-bond donors (Lipinski definition) is 2. The van der Waals surface area contributed by atoms with Crippen molar-refractivity contribution >= 4 is 45.9 Å². The molecule has 0 spiro atoms. The molecule has 0 bridgehead atoms. The maximum atomic E-state index is 12.6. The number of nitrogens with one attached hydrogen (secondary N) is 2. The third-order valence-corrected chi connectivity index (χ3v) is 6.04. The Balaban J connectivity index is 1.52. The third kappa shape index (κ3) is 5.93. The van der Waals surface area contributed by atoms with Gasteiger partial charge in [0.2, 0.25) is 5.91 Å². The summed E-state index contributed by atoms with van der Waals surface area (Å²) in [7, 11) is 0. The van der Waals surface area contributed by atoms with Gasteiger partial charge < -0.3 is 15.5 Å². The first-order chi connectivity index (χ1) is 13.9. The fourth-order valence-electron chi connectivity index (χ4n) is 3.48. The van der Waals surface area contributed by atoms with E-state index in [9.17, 15) is 9.59 Å². The summed E-state index contributed by atoms with van der Waals surface area (Å²) in [6.07, 6.45) is 0.843. The molecule has 1 saturated heterocycles. The zero-order valence-electron chi connectivity index (χ0n) is 16.9. The van der Waals surface area contributed by atoms with Crippen molar-refractivity contribution in [3.63, 3.8) is 0 Å². The molecule has 1 aliphatic heterocycles. The van der Waals surface area contributed by atoms with Crippen LogP contribution in [0.2, 0.25) is 0 Å². The summed E-state index contributed by atoms with van der Waals surface area (Å²) >= 11 is 2.22. The second kappa shape index (κ2) is 10.1. The zero-order valence-corrected chi connectivity index (χ0v) is 19.0. The van der Waals surface area contributed by atoms with Crippen molar-refractivity contribution in [2.24, 2.45) is 0 Å². The molecule has 3 rings (SSSR count). The van der Waals surface area contributed by atoms with Crippen LogP contribution in [0.1, 0.15) is 17.5 Å². The van der Waals surface area contributed by atoms with Gasteiger partial charge in [-0.2, -0.15) is 0 Å². The molecule has 1 fully saturated rings. The number of carbonyl (C=O) groups is 2. The van der Waals surface area contributed by atoms with Crippen molar-refractivity contribution in [2.75, 3.05) is 43.4 Å². The molecule has 29 heavy (non-hydrogen) atoms. The Morgan fingerprint density at radius 1 is 0.931 bits per heavy atom. The van der Waals surface area contributed by atoms with E-state index in [2.05, 4.69) is 38.1 Å². The maximum Gasteiger partial charge on any atom is 0.321 e. The van der Waals surface area contributed by atoms with E-state index in [0.29, 0.717) is 26.2 Å². The highest BCUT2D eigenvalue weighted by atomic mass is 127. The van der Waals surface area contributed by atoms with Gasteiger partial charge in [0.25, 0.3) is 0 Å². The van der Waals surface area contributed by atoms with Crippen LogP contribution in [0.4, 0.5) is 16.2 Å². The molecule has 6 nitrogen and oxygen atoms in total. The number of urea groups is 1. The molecule has 7 heteroatoms. The van der Waals surface area contributed by atoms with E-state index in [1.807, 2.05) is 61.2 Å². The SMILES string of the molecule is Cc1cccc(C)c1NC(=O)CN1CCCN(C(=O)Nc2ccccc2I)CC1. The number of amides is 3. The van der Waals surface area contributed by atoms with Gasteiger partial charge in [0.05, 0.1) is 12.2 Å². The van der Waals surface area contributed by atoms with Gasteiger partial charge in [-0.05, 0) is 66.1 Å². The molecule has 2 aromatic rings. The summed E-state index contributed by atoms with van der Waals surface area (Å²) in [6.45, 7) is 7.10. The predicted octanol–water partition coefficient (Wildman–Crippen LogP) is 4.09. The van der Waals surface area contributed by atoms with Crippen LogP contribution in [-0.2, 0) is 4.79 Å². The lowest BCUT2D eigenvalue weighted by molar-refractivity contribution is -0.117. The topological polar surface area (TPSA) is 64.7 Å². The second-order valence-electron chi connectivity index (χ2n) is 7.34. The minimum atomic E-state index is -0.0871. The smallest absolute Gasteiger partial charge is 0.321 e. The van der Waals surface area contributed by atoms with Crippen LogP contribution in [0.15, 0.2) is 42.5 Å². The van der Waals surface area contributed by atoms with Crippen LogP contribution in [-0.4, -0.2) is 54.5 Å². The van der Waals surface area contributed by atoms with Crippen LogP contribution in [0.3, 0.4) is 0 Å². The molecule has 0 aromatic heterocycles. The Hall–Kier alpha value is -2.13. The van der Waals surface area contributed by atoms with Crippen LogP contribution in [0, 0.1) is 17.4 Å². The zero-order chi connectivity index (χ0) is 20.8. The number of anilines is 2. The van der Waals surface area contributed by atoms with Gasteiger partial charge in [-0.3, -0.25) is 9.69 Å². The van der Waals surface area contributed by atoms with E-state index < -0.39 is 0 Å². The lowest BCUT2D eigenvalue weighted by Gasteiger charge is -2.22. The van der Waals surface area contributed by atoms with Crippen LogP contribution in [0.25, 0.3) is 0 Å². The number of para-hydroxylation sites is 2. The summed E-state index contributed by atoms with van der Waals surface area (Å²) < 4.78 is 1.01. The van der Waals surface area contributed by atoms with Gasteiger partial charge in [0, 0.05) is 35.4 Å². The Labute approximate surface area is 185 Å². The first-order valence-corrected chi connectivity index (χ1v) is 10.9. The first-order valence-electron chi connectivity index (χ1n) is 9.83. The summed E-state index contributed by atoms with van der Waals surface area (Å²) in [4.78, 5) is 29.1. The summed E-state index contributed by atoms with van der Waals surface area (Å²) in [6, 6.07) is 13.6. The predicted molar refractivity (Wildman–Crippen MR) is 125 cm³/mol. The van der Waals surface area contributed by atoms with E-state index in [1.54, 1.807) is 0 Å². The van der Waals surface area contributed by atoms with E-state index in [1.165, 1.54) is 0 Å². The number of rotatable bonds is 4. The average molecular weight is 506 g/mol. The first kappa shape index (κ1) is 21.6. The quantitative estimate of drug-likeness (QED) is 0.615. The lowest BCUT2D eigenvalue weighted by Crippen LogP contribution is -2.39. The Bertz CT molecular complexity index is 867. The molecule has 3 amide bonds. The largest absolute Gasteiger partial charge is 0.324 e. The normalized spacial score (nSPS) is 14.9. The minimum absolute atomic E-state index is 0.0147. The molecule has 2 aromatic carbocycles. The Morgan fingerprint density at radius 2 is 1.66 bits per heavy atom. The Kier molecular flexibility index (Phi) is 7.49. The molecule has 1 aliphatic rings. The fourth-order valence-corrected chi connectivity index (χ4v) is 4.00. The average Bonchev–Trinajstić information content (AvgIpc) is 2.92. The molecular formula is C22H27IN4O2. The molecule has 2 N–H and O–H groups in total. The van der Waals surface area contributed by atoms with Crippen molar-refractivity contribution in [2.45, 2.75) is 20.3 Å². The van der Waals surface area contributed by atoms with Crippen molar-refractivity contribution in [3.8, 4) is 0 Å². The lowest BCUT2D eigenvalue weighted by atomic mass is 10.1. The minimum Gasteiger partial charge on any atom is -0.324 e. The second-order valence-corrected chi connectivity index (χ2v) is 8.50. The van der Waals surface area contributed by atoms with Crippen molar-refractivity contribution in [1.82, 2.24) is 9.80 Å². The van der Waals surface area contributed by atoms with Crippen LogP contribution >= 0.6 is 22.6 Å². The molecule has 0 unspecified atom stereocenters. The van der Waals surface area contributed by atoms with Crippen molar-refractivity contribution in [3.05, 3.63) is 57.2 Å². The maximum absolute atomic E-state index is 12.6. The number of hydrogen-bond acceptors (Lipinski definition) is 3. The fraction of sp³-hybridized carbons (Fsp3) is 0.364. The molecule has 1 heterocycles. The number of benzene rings is 2. The van der Waals surface area contributed by atoms with Gasteiger partial charge in [0.15, 0.2) is 0 Å². The van der Waals surface area contributed by atoms with E-state index in [4.69, 9.17) is 0 Å². The molecule has 0 aliphatic carbocycles. The summed E-state index contributed by atoms with van der Waals surface area (Å²) in [5.74, 6) is -0.0147. The van der Waals surface area contributed by atoms with Gasteiger partial charge in [-0.1, -0.05) is 30.3 Å². The number of halogens is 1. The third-order valence-electron chi connectivity index (χ3n) is 5.10. The number of carbonyl (C=O) groups excluding carboxylic acids is 2. The standard InChI is InChI=1S/C22H27IN4O2/c1-16-7-5-8-17(2)21(16)25-20(28)15-26-11-6-12-27(14-13-26)22(29)24-19-10-4-3-9-18(19)23/h3-5,7-10H,6,11-15H2,1-2H3,(H,24,29)(H,25,28). The van der Waals surface area contributed by atoms with Crippen LogP contribution in [0.5, 0.6) is 0 Å². The van der Waals surface area contributed by atoms with E-state index >= 15 is 0 Å². The highest BCUT2D eigenvalue weighted by molar-refractivity contribution is 14.1. The highest BCUT2D eigenvalue weighted by Crippen LogP contribution is 2.20. The highest BCUT2D eigenvalue weighted by Gasteiger charge is 2.21. The van der Waals surface area contributed by atoms with Crippen LogP contribution < -0.4 is 10.6 Å². The van der Waals surface area contributed by atoms with E-state index in [-0.39, 0.29) is 11.9 Å². The molecule has 0 radical (unpaired) electrons. The molecular weight excluding hydrogens is 479 g/mol. The Morgan fingerprint density at radius 3 is 2.38 bits per heavy atom. The summed E-state index contributed by atoms with van der Waals surface area (Å²) in [5.41, 5.74) is 3.85. The monoisotopic (exact) mass is 506 g/mol. The van der Waals surface area contributed by atoms with Crippen molar-refractivity contribution in [1.29, 1.82) is 0 Å². The summed E-state index contributed by atoms with van der Waals surface area (Å²) in [5, 5.41) is 6.03. The van der Waals surface area contributed by atoms with Gasteiger partial charge in [0.1, 0.15) is 0 Å². The van der Waals surface area contributed by atoms with Crippen molar-refractivity contribution < 1.29 is 9.59 Å². The van der Waals surface area contributed by atoms with Gasteiger partial charge in [-0.25, -0.2) is 4.79 Å². The number of nitrogens with zero attached hydrogens (tertiary/aromatic N) is 2. The van der Waals surface area contributed by atoms with Gasteiger partial charge in [-0.15, -0.1) is 0 Å². The molecule has 0 saturated carbocycles.